The highest BCUT2D eigenvalue weighted by Gasteiger charge is 2.19. The first kappa shape index (κ1) is 25.4. The van der Waals surface area contributed by atoms with E-state index in [0.29, 0.717) is 38.8 Å². The molecule has 14 heteroatoms. The van der Waals surface area contributed by atoms with Crippen molar-refractivity contribution in [1.29, 1.82) is 0 Å². The molecule has 0 amide bonds. The van der Waals surface area contributed by atoms with Crippen molar-refractivity contribution < 1.29 is 14.8 Å². The van der Waals surface area contributed by atoms with Gasteiger partial charge in [-0.05, 0) is 67.2 Å². The van der Waals surface area contributed by atoms with Crippen LogP contribution in [0, 0.1) is 17.0 Å². The number of H-pyrrole nitrogens is 1. The molecule has 0 bridgehead atoms. The third kappa shape index (κ3) is 5.75. The Bertz CT molecular complexity index is 1480. The number of aryl methyl sites for hydroxylation is 1. The highest BCUT2D eigenvalue weighted by atomic mass is 35.5. The summed E-state index contributed by atoms with van der Waals surface area (Å²) in [7, 11) is 0. The summed E-state index contributed by atoms with van der Waals surface area (Å²) in [4.78, 5) is 27.4. The number of non-ortho nitro benzene ring substituents is 1. The lowest BCUT2D eigenvalue weighted by Crippen LogP contribution is -2.00. The Morgan fingerprint density at radius 1 is 1.28 bits per heavy atom. The largest absolute Gasteiger partial charge is 0.477 e. The molecule has 184 valence electrons. The fourth-order valence-electron chi connectivity index (χ4n) is 3.19. The molecule has 4 aromatic rings. The van der Waals surface area contributed by atoms with Gasteiger partial charge in [-0.25, -0.2) is 9.78 Å². The van der Waals surface area contributed by atoms with E-state index in [2.05, 4.69) is 25.4 Å². The van der Waals surface area contributed by atoms with Gasteiger partial charge in [-0.2, -0.15) is 0 Å². The van der Waals surface area contributed by atoms with Crippen LogP contribution in [0.5, 0.6) is 0 Å². The van der Waals surface area contributed by atoms with Crippen LogP contribution in [0.4, 0.5) is 5.69 Å². The number of nitrogens with zero attached hydrogens (tertiary/aromatic N) is 6. The SMILES string of the molecule is CCn1c(Sc2ccc([N+](=O)[O-])cc2/C=C(/Sc2n[nH]c(C)n2)C(=O)O)nnc1-c1cccc(Cl)c1. The number of benzene rings is 2. The molecule has 0 saturated heterocycles. The predicted octanol–water partition coefficient (Wildman–Crippen LogP) is 5.32. The number of carboxylic acids is 1. The molecule has 0 fully saturated rings. The van der Waals surface area contributed by atoms with Crippen LogP contribution in [0.25, 0.3) is 17.5 Å². The summed E-state index contributed by atoms with van der Waals surface area (Å²) in [5.74, 6) is -0.0728. The van der Waals surface area contributed by atoms with Gasteiger partial charge in [0.05, 0.1) is 4.92 Å². The van der Waals surface area contributed by atoms with E-state index in [4.69, 9.17) is 11.6 Å². The number of nitro benzene ring substituents is 1. The first-order valence-corrected chi connectivity index (χ1v) is 12.4. The van der Waals surface area contributed by atoms with Gasteiger partial charge in [0.1, 0.15) is 10.7 Å². The van der Waals surface area contributed by atoms with E-state index in [9.17, 15) is 20.0 Å². The fourth-order valence-corrected chi connectivity index (χ4v) is 5.10. The Balaban J connectivity index is 1.75. The molecule has 0 aliphatic rings. The molecular weight excluding hydrogens is 526 g/mol. The summed E-state index contributed by atoms with van der Waals surface area (Å²) in [6.07, 6.45) is 1.36. The van der Waals surface area contributed by atoms with E-state index in [0.717, 1.165) is 17.3 Å². The third-order valence-electron chi connectivity index (χ3n) is 4.80. The topological polar surface area (TPSA) is 153 Å². The molecule has 2 heterocycles. The molecule has 0 spiro atoms. The van der Waals surface area contributed by atoms with Crippen LogP contribution in [-0.2, 0) is 11.3 Å². The number of thioether (sulfide) groups is 1. The van der Waals surface area contributed by atoms with Gasteiger partial charge in [0, 0.05) is 34.2 Å². The van der Waals surface area contributed by atoms with Gasteiger partial charge in [0.25, 0.3) is 5.69 Å². The van der Waals surface area contributed by atoms with Crippen molar-refractivity contribution in [2.75, 3.05) is 0 Å². The minimum absolute atomic E-state index is 0.104. The zero-order valence-corrected chi connectivity index (χ0v) is 21.3. The van der Waals surface area contributed by atoms with E-state index >= 15 is 0 Å². The lowest BCUT2D eigenvalue weighted by molar-refractivity contribution is -0.384. The molecular formula is C22H18ClN7O4S2. The van der Waals surface area contributed by atoms with E-state index in [1.165, 1.54) is 30.0 Å². The number of carbonyl (C=O) groups is 1. The average molecular weight is 544 g/mol. The monoisotopic (exact) mass is 543 g/mol. The maximum absolute atomic E-state index is 12.0. The van der Waals surface area contributed by atoms with Crippen LogP contribution in [0.2, 0.25) is 5.02 Å². The summed E-state index contributed by atoms with van der Waals surface area (Å²) in [6.45, 7) is 4.18. The zero-order chi connectivity index (χ0) is 25.8. The number of aromatic nitrogens is 6. The molecule has 36 heavy (non-hydrogen) atoms. The predicted molar refractivity (Wildman–Crippen MR) is 136 cm³/mol. The van der Waals surface area contributed by atoms with Crippen LogP contribution in [0.1, 0.15) is 18.3 Å². The lowest BCUT2D eigenvalue weighted by atomic mass is 10.2. The number of carboxylic acid groups (broad SMARTS) is 1. The van der Waals surface area contributed by atoms with Crippen LogP contribution in [0.15, 0.2) is 62.6 Å². The molecule has 2 aromatic carbocycles. The van der Waals surface area contributed by atoms with Crippen LogP contribution < -0.4 is 0 Å². The Kier molecular flexibility index (Phi) is 7.72. The van der Waals surface area contributed by atoms with Crippen molar-refractivity contribution in [3.8, 4) is 11.4 Å². The Morgan fingerprint density at radius 2 is 2.08 bits per heavy atom. The summed E-state index contributed by atoms with van der Waals surface area (Å²) in [6, 6.07) is 11.5. The average Bonchev–Trinajstić information content (AvgIpc) is 3.44. The number of nitro groups is 1. The molecule has 0 aliphatic heterocycles. The second-order valence-electron chi connectivity index (χ2n) is 7.26. The minimum Gasteiger partial charge on any atom is -0.477 e. The Labute approximate surface area is 218 Å². The first-order chi connectivity index (χ1) is 17.2. The normalized spacial score (nSPS) is 11.6. The Morgan fingerprint density at radius 3 is 2.72 bits per heavy atom. The number of hydrogen-bond acceptors (Lipinski definition) is 9. The van der Waals surface area contributed by atoms with Crippen LogP contribution in [0.3, 0.4) is 0 Å². The van der Waals surface area contributed by atoms with Crippen molar-refractivity contribution in [2.45, 2.75) is 35.6 Å². The molecule has 0 radical (unpaired) electrons. The molecule has 4 rings (SSSR count). The van der Waals surface area contributed by atoms with Crippen LogP contribution in [-0.4, -0.2) is 45.9 Å². The molecule has 0 atom stereocenters. The number of aromatic amines is 1. The van der Waals surface area contributed by atoms with Crippen molar-refractivity contribution >= 4 is 52.9 Å². The fraction of sp³-hybridized carbons (Fsp3) is 0.136. The molecule has 0 saturated carbocycles. The summed E-state index contributed by atoms with van der Waals surface area (Å²) in [5, 5.41) is 37.7. The van der Waals surface area contributed by atoms with Gasteiger partial charge in [0.15, 0.2) is 11.0 Å². The van der Waals surface area contributed by atoms with Crippen LogP contribution >= 0.6 is 35.1 Å². The summed E-state index contributed by atoms with van der Waals surface area (Å²) < 4.78 is 1.88. The smallest absolute Gasteiger partial charge is 0.342 e. The number of hydrogen-bond donors (Lipinski definition) is 2. The van der Waals surface area contributed by atoms with Gasteiger partial charge in [-0.15, -0.1) is 15.3 Å². The molecule has 11 nitrogen and oxygen atoms in total. The summed E-state index contributed by atoms with van der Waals surface area (Å²) >= 11 is 8.19. The number of nitrogens with one attached hydrogen (secondary N) is 1. The highest BCUT2D eigenvalue weighted by Crippen LogP contribution is 2.36. The van der Waals surface area contributed by atoms with Crippen molar-refractivity contribution in [3.05, 3.63) is 73.9 Å². The van der Waals surface area contributed by atoms with E-state index in [1.54, 1.807) is 25.1 Å². The van der Waals surface area contributed by atoms with E-state index in [1.807, 2.05) is 23.6 Å². The first-order valence-electron chi connectivity index (χ1n) is 10.4. The number of aliphatic carboxylic acids is 1. The molecule has 2 aromatic heterocycles. The molecule has 2 N–H and O–H groups in total. The molecule has 0 aliphatic carbocycles. The number of rotatable bonds is 9. The van der Waals surface area contributed by atoms with Crippen molar-refractivity contribution in [3.63, 3.8) is 0 Å². The highest BCUT2D eigenvalue weighted by molar-refractivity contribution is 8.04. The number of halogens is 1. The minimum atomic E-state index is -1.22. The second-order valence-corrected chi connectivity index (χ2v) is 9.72. The van der Waals surface area contributed by atoms with Crippen molar-refractivity contribution in [2.24, 2.45) is 0 Å². The van der Waals surface area contributed by atoms with Gasteiger partial charge in [-0.3, -0.25) is 15.2 Å². The van der Waals surface area contributed by atoms with E-state index in [-0.39, 0.29) is 15.7 Å². The van der Waals surface area contributed by atoms with Gasteiger partial charge in [0.2, 0.25) is 5.16 Å². The third-order valence-corrected chi connectivity index (χ3v) is 6.99. The quantitative estimate of drug-likeness (QED) is 0.123. The standard InChI is InChI=1S/C22H18ClN7O4S2/c1-3-29-19(13-5-4-6-15(23)9-13)26-28-22(29)36-17-8-7-16(30(33)34)10-14(17)11-18(20(31)32)35-21-24-12(2)25-27-21/h4-11H,3H2,1-2H3,(H,31,32)(H,24,25,27)/b18-11+. The maximum Gasteiger partial charge on any atom is 0.342 e. The van der Waals surface area contributed by atoms with Gasteiger partial charge in [-0.1, -0.05) is 23.7 Å². The Hall–Kier alpha value is -3.68. The van der Waals surface area contributed by atoms with Gasteiger partial charge >= 0.3 is 5.97 Å². The maximum atomic E-state index is 12.0. The van der Waals surface area contributed by atoms with Crippen molar-refractivity contribution in [1.82, 2.24) is 29.9 Å². The lowest BCUT2D eigenvalue weighted by Gasteiger charge is -2.10. The van der Waals surface area contributed by atoms with E-state index < -0.39 is 10.9 Å². The second kappa shape index (κ2) is 10.9. The molecule has 0 unspecified atom stereocenters. The van der Waals surface area contributed by atoms with Gasteiger partial charge < -0.3 is 9.67 Å². The zero-order valence-electron chi connectivity index (χ0n) is 18.9. The summed E-state index contributed by atoms with van der Waals surface area (Å²) in [5.41, 5.74) is 0.950.